The van der Waals surface area contributed by atoms with Crippen LogP contribution in [0.25, 0.3) is 0 Å². The van der Waals surface area contributed by atoms with E-state index in [0.29, 0.717) is 55.7 Å². The number of carbonyl (C=O) groups excluding carboxylic acids is 1. The first-order valence-electron chi connectivity index (χ1n) is 11.2. The number of carbonyl (C=O) groups is 1. The summed E-state index contributed by atoms with van der Waals surface area (Å²) in [5.74, 6) is -0.364. The molecule has 1 saturated heterocycles. The van der Waals surface area contributed by atoms with Crippen molar-refractivity contribution in [2.24, 2.45) is 0 Å². The zero-order chi connectivity index (χ0) is 24.2. The van der Waals surface area contributed by atoms with E-state index in [4.69, 9.17) is 0 Å². The second-order valence-corrected chi connectivity index (χ2v) is 10.3. The maximum absolute atomic E-state index is 15.1. The Hall–Kier alpha value is -2.72. The number of piperidine rings is 1. The molecule has 1 aliphatic heterocycles. The Balaban J connectivity index is 1.87. The van der Waals surface area contributed by atoms with E-state index in [0.717, 1.165) is 11.3 Å². The van der Waals surface area contributed by atoms with E-state index in [1.165, 1.54) is 22.8 Å². The molecule has 1 aliphatic rings. The monoisotopic (exact) mass is 477 g/mol. The maximum Gasteiger partial charge on any atom is 0.323 e. The quantitative estimate of drug-likeness (QED) is 0.632. The molecule has 2 heterocycles. The predicted molar refractivity (Wildman–Crippen MR) is 130 cm³/mol. The summed E-state index contributed by atoms with van der Waals surface area (Å²) < 4.78 is 40.4. The molecule has 33 heavy (non-hydrogen) atoms. The molecule has 3 rings (SSSR count). The molecule has 1 aromatic carbocycles. The van der Waals surface area contributed by atoms with Crippen LogP contribution in [0.4, 0.5) is 26.2 Å². The minimum atomic E-state index is -3.27. The molecule has 2 N–H and O–H groups in total. The maximum atomic E-state index is 15.1. The molecule has 0 bridgehead atoms. The summed E-state index contributed by atoms with van der Waals surface area (Å²) in [5.41, 5.74) is 3.25. The molecule has 180 valence electrons. The molecule has 1 fully saturated rings. The lowest BCUT2D eigenvalue weighted by Crippen LogP contribution is -2.45. The van der Waals surface area contributed by atoms with Gasteiger partial charge < -0.3 is 15.5 Å². The number of amides is 2. The summed E-state index contributed by atoms with van der Waals surface area (Å²) in [7, 11) is -1.66. The average molecular weight is 478 g/mol. The van der Waals surface area contributed by atoms with Gasteiger partial charge in [-0.05, 0) is 49.4 Å². The Morgan fingerprint density at radius 1 is 1.21 bits per heavy atom. The van der Waals surface area contributed by atoms with Crippen molar-refractivity contribution in [2.45, 2.75) is 45.6 Å². The van der Waals surface area contributed by atoms with Gasteiger partial charge in [-0.1, -0.05) is 13.8 Å². The van der Waals surface area contributed by atoms with Gasteiger partial charge in [-0.25, -0.2) is 21.9 Å². The van der Waals surface area contributed by atoms with E-state index in [1.54, 1.807) is 25.4 Å². The summed E-state index contributed by atoms with van der Waals surface area (Å²) >= 11 is 0. The number of halogens is 1. The Kier molecular flexibility index (Phi) is 7.91. The molecule has 0 unspecified atom stereocenters. The lowest BCUT2D eigenvalue weighted by atomic mass is 9.96. The highest BCUT2D eigenvalue weighted by molar-refractivity contribution is 7.88. The number of nitrogens with zero attached hydrogens (tertiary/aromatic N) is 3. The third-order valence-electron chi connectivity index (χ3n) is 6.15. The average Bonchev–Trinajstić information content (AvgIpc) is 2.78. The normalized spacial score (nSPS) is 15.0. The van der Waals surface area contributed by atoms with E-state index >= 15 is 4.39 Å². The van der Waals surface area contributed by atoms with E-state index in [2.05, 4.69) is 20.5 Å². The molecule has 8 nitrogen and oxygen atoms in total. The van der Waals surface area contributed by atoms with Crippen LogP contribution in [0.1, 0.15) is 37.8 Å². The second-order valence-electron chi connectivity index (χ2n) is 8.24. The molecular weight excluding hydrogens is 445 g/mol. The van der Waals surface area contributed by atoms with E-state index in [1.807, 2.05) is 13.8 Å². The van der Waals surface area contributed by atoms with Gasteiger partial charge in [0, 0.05) is 43.6 Å². The molecule has 1 aromatic heterocycles. The van der Waals surface area contributed by atoms with Gasteiger partial charge in [-0.2, -0.15) is 0 Å². The summed E-state index contributed by atoms with van der Waals surface area (Å²) in [5, 5.41) is 5.51. The smallest absolute Gasteiger partial charge is 0.323 e. The minimum absolute atomic E-state index is 0.0807. The highest BCUT2D eigenvalue weighted by atomic mass is 32.2. The molecule has 2 amide bonds. The molecule has 10 heteroatoms. The van der Waals surface area contributed by atoms with Crippen LogP contribution in [0.5, 0.6) is 0 Å². The summed E-state index contributed by atoms with van der Waals surface area (Å²) in [6.45, 7) is 5.10. The first-order chi connectivity index (χ1) is 15.7. The van der Waals surface area contributed by atoms with E-state index in [-0.39, 0.29) is 11.9 Å². The molecule has 0 radical (unpaired) electrons. The Morgan fingerprint density at radius 3 is 2.42 bits per heavy atom. The van der Waals surface area contributed by atoms with Gasteiger partial charge in [0.1, 0.15) is 5.82 Å². The molecule has 0 atom stereocenters. The number of pyridine rings is 1. The first-order valence-corrected chi connectivity index (χ1v) is 13.0. The van der Waals surface area contributed by atoms with Gasteiger partial charge >= 0.3 is 6.03 Å². The Bertz CT molecular complexity index is 1090. The third kappa shape index (κ3) is 5.80. The van der Waals surface area contributed by atoms with Gasteiger partial charge in [0.2, 0.25) is 10.0 Å². The number of aromatic nitrogens is 1. The van der Waals surface area contributed by atoms with Crippen LogP contribution in [0.3, 0.4) is 0 Å². The number of hydrogen-bond acceptors (Lipinski definition) is 5. The lowest BCUT2D eigenvalue weighted by Gasteiger charge is -2.39. The number of sulfonamides is 1. The standard InChI is InChI=1S/C23H32FN5O3S/c1-5-18-20(24)14-21(27-23(30)26-16-8-7-11-25-15-16)19(6-2)22(18)29-12-9-17(10-13-29)28(3)33(4,31)32/h7-8,11,14-15,17H,5-6,9-10,12-13H2,1-4H3,(H2,26,27,30). The van der Waals surface area contributed by atoms with Gasteiger partial charge in [0.25, 0.3) is 0 Å². The van der Waals surface area contributed by atoms with Crippen molar-refractivity contribution in [1.82, 2.24) is 9.29 Å². The summed E-state index contributed by atoms with van der Waals surface area (Å²) in [6, 6.07) is 4.26. The fourth-order valence-corrected chi connectivity index (χ4v) is 5.11. The zero-order valence-electron chi connectivity index (χ0n) is 19.6. The third-order valence-corrected chi connectivity index (χ3v) is 7.49. The molecule has 0 saturated carbocycles. The van der Waals surface area contributed by atoms with Crippen molar-refractivity contribution in [2.75, 3.05) is 41.9 Å². The highest BCUT2D eigenvalue weighted by Gasteiger charge is 2.30. The fourth-order valence-electron chi connectivity index (χ4n) is 4.36. The zero-order valence-corrected chi connectivity index (χ0v) is 20.4. The van der Waals surface area contributed by atoms with Gasteiger partial charge in [-0.3, -0.25) is 4.98 Å². The van der Waals surface area contributed by atoms with Crippen LogP contribution in [0.15, 0.2) is 30.6 Å². The number of urea groups is 1. The van der Waals surface area contributed by atoms with Gasteiger partial charge in [0.15, 0.2) is 0 Å². The van der Waals surface area contributed by atoms with Gasteiger partial charge in [0.05, 0.1) is 23.8 Å². The minimum Gasteiger partial charge on any atom is -0.371 e. The lowest BCUT2D eigenvalue weighted by molar-refractivity contribution is 0.262. The number of rotatable bonds is 7. The number of benzene rings is 1. The SMILES string of the molecule is CCc1c(F)cc(NC(=O)Nc2cccnc2)c(CC)c1N1CCC(N(C)S(C)(=O)=O)CC1. The van der Waals surface area contributed by atoms with Crippen molar-refractivity contribution in [3.63, 3.8) is 0 Å². The van der Waals surface area contributed by atoms with Crippen LogP contribution in [0, 0.1) is 5.82 Å². The largest absolute Gasteiger partial charge is 0.371 e. The van der Waals surface area contributed by atoms with Crippen molar-refractivity contribution in [1.29, 1.82) is 0 Å². The van der Waals surface area contributed by atoms with E-state index < -0.39 is 16.1 Å². The second kappa shape index (κ2) is 10.5. The molecule has 2 aromatic rings. The van der Waals surface area contributed by atoms with Crippen LogP contribution in [0.2, 0.25) is 0 Å². The fraction of sp³-hybridized carbons (Fsp3) is 0.478. The Morgan fingerprint density at radius 2 is 1.88 bits per heavy atom. The van der Waals surface area contributed by atoms with E-state index in [9.17, 15) is 13.2 Å². The molecular formula is C23H32FN5O3S. The first kappa shape index (κ1) is 24.9. The Labute approximate surface area is 195 Å². The highest BCUT2D eigenvalue weighted by Crippen LogP contribution is 2.37. The van der Waals surface area contributed by atoms with Crippen molar-refractivity contribution >= 4 is 33.1 Å². The molecule has 0 spiro atoms. The molecule has 0 aliphatic carbocycles. The van der Waals surface area contributed by atoms with Crippen LogP contribution in [-0.4, -0.2) is 56.2 Å². The van der Waals surface area contributed by atoms with Crippen LogP contribution >= 0.6 is 0 Å². The van der Waals surface area contributed by atoms with Crippen LogP contribution < -0.4 is 15.5 Å². The van der Waals surface area contributed by atoms with Crippen LogP contribution in [-0.2, 0) is 22.9 Å². The van der Waals surface area contributed by atoms with Crippen molar-refractivity contribution < 1.29 is 17.6 Å². The topological polar surface area (TPSA) is 94.6 Å². The van der Waals surface area contributed by atoms with Crippen molar-refractivity contribution in [3.8, 4) is 0 Å². The predicted octanol–water partition coefficient (Wildman–Crippen LogP) is 3.85. The summed E-state index contributed by atoms with van der Waals surface area (Å²) in [6.07, 6.45) is 6.77. The van der Waals surface area contributed by atoms with Crippen molar-refractivity contribution in [3.05, 3.63) is 47.5 Å². The number of anilines is 3. The number of nitrogens with one attached hydrogen (secondary N) is 2. The number of hydrogen-bond donors (Lipinski definition) is 2. The van der Waals surface area contributed by atoms with Gasteiger partial charge in [-0.15, -0.1) is 0 Å². The summed E-state index contributed by atoms with van der Waals surface area (Å²) in [4.78, 5) is 18.7.